The first-order valence-electron chi connectivity index (χ1n) is 10.5. The molecule has 1 fully saturated rings. The summed E-state index contributed by atoms with van der Waals surface area (Å²) in [5, 5.41) is 18.4. The topological polar surface area (TPSA) is 80.0 Å². The van der Waals surface area contributed by atoms with Crippen molar-refractivity contribution in [1.82, 2.24) is 14.7 Å². The van der Waals surface area contributed by atoms with Gasteiger partial charge in [-0.25, -0.2) is 9.07 Å². The Morgan fingerprint density at radius 3 is 2.84 bits per heavy atom. The van der Waals surface area contributed by atoms with Crippen LogP contribution in [0.5, 0.6) is 0 Å². The number of carbonyl (C=O) groups is 1. The molecule has 0 bridgehead atoms. The van der Waals surface area contributed by atoms with Gasteiger partial charge in [0.05, 0.1) is 17.3 Å². The highest BCUT2D eigenvalue weighted by molar-refractivity contribution is 6.01. The smallest absolute Gasteiger partial charge is 0.309 e. The van der Waals surface area contributed by atoms with Crippen molar-refractivity contribution < 1.29 is 19.1 Å². The molecule has 0 aliphatic carbocycles. The number of hydrogen-bond acceptors (Lipinski definition) is 5. The van der Waals surface area contributed by atoms with Crippen molar-refractivity contribution in [1.29, 1.82) is 0 Å². The van der Waals surface area contributed by atoms with Crippen LogP contribution in [-0.4, -0.2) is 50.7 Å². The maximum absolute atomic E-state index is 13.5. The summed E-state index contributed by atoms with van der Waals surface area (Å²) in [5.74, 6) is -1.11. The van der Waals surface area contributed by atoms with E-state index in [4.69, 9.17) is 4.84 Å². The van der Waals surface area contributed by atoms with E-state index < -0.39 is 11.4 Å². The molecule has 1 saturated heterocycles. The zero-order chi connectivity index (χ0) is 22.0. The van der Waals surface area contributed by atoms with E-state index >= 15 is 0 Å². The molecular weight excluding hydrogens is 399 g/mol. The lowest BCUT2D eigenvalue weighted by Crippen LogP contribution is -2.45. The van der Waals surface area contributed by atoms with E-state index in [9.17, 15) is 14.3 Å². The average Bonchev–Trinajstić information content (AvgIpc) is 3.36. The van der Waals surface area contributed by atoms with Crippen LogP contribution in [0.2, 0.25) is 0 Å². The van der Waals surface area contributed by atoms with Crippen molar-refractivity contribution in [3.05, 3.63) is 59.7 Å². The lowest BCUT2D eigenvalue weighted by molar-refractivity contribution is -0.155. The lowest BCUT2D eigenvalue weighted by atomic mass is 9.73. The summed E-state index contributed by atoms with van der Waals surface area (Å²) in [5.41, 5.74) is 2.67. The largest absolute Gasteiger partial charge is 0.481 e. The zero-order valence-corrected chi connectivity index (χ0v) is 17.6. The van der Waals surface area contributed by atoms with Gasteiger partial charge in [-0.1, -0.05) is 23.9 Å². The fourth-order valence-electron chi connectivity index (χ4n) is 4.50. The van der Waals surface area contributed by atoms with Gasteiger partial charge in [-0.2, -0.15) is 5.10 Å². The van der Waals surface area contributed by atoms with E-state index in [1.54, 1.807) is 23.0 Å². The number of nitrogens with zero attached hydrogens (tertiary/aromatic N) is 4. The molecule has 1 aromatic carbocycles. The second-order valence-corrected chi connectivity index (χ2v) is 8.43. The highest BCUT2D eigenvalue weighted by Crippen LogP contribution is 2.39. The van der Waals surface area contributed by atoms with Gasteiger partial charge in [-0.15, -0.1) is 0 Å². The molecule has 2 aromatic rings. The monoisotopic (exact) mass is 426 g/mol. The van der Waals surface area contributed by atoms with Gasteiger partial charge in [0.2, 0.25) is 0 Å². The molecule has 31 heavy (non-hydrogen) atoms. The predicted octanol–water partition coefficient (Wildman–Crippen LogP) is 3.68. The van der Waals surface area contributed by atoms with Gasteiger partial charge in [0, 0.05) is 42.4 Å². The van der Waals surface area contributed by atoms with Gasteiger partial charge in [0.15, 0.2) is 0 Å². The number of carboxylic acids is 1. The van der Waals surface area contributed by atoms with E-state index in [1.807, 2.05) is 13.1 Å². The maximum atomic E-state index is 13.5. The standard InChI is InChI=1S/C23H27FN4O3/c1-3-28-16(2)18(14-25-28)15-27-9-7-23(8-10-27,22(29)30)13-20-12-21(26-31-20)17-5-4-6-19(24)11-17/h3-6,11,14,20H,1,7-10,12-13,15H2,2H3,(H,29,30). The molecule has 1 atom stereocenters. The summed E-state index contributed by atoms with van der Waals surface area (Å²) in [6, 6.07) is 6.23. The zero-order valence-electron chi connectivity index (χ0n) is 17.6. The van der Waals surface area contributed by atoms with Crippen molar-refractivity contribution in [2.24, 2.45) is 10.6 Å². The molecule has 4 rings (SSSR count). The summed E-state index contributed by atoms with van der Waals surface area (Å²) in [4.78, 5) is 20.1. The number of aromatic nitrogens is 2. The molecule has 3 heterocycles. The van der Waals surface area contributed by atoms with E-state index in [-0.39, 0.29) is 11.9 Å². The average molecular weight is 426 g/mol. The van der Waals surface area contributed by atoms with Crippen LogP contribution < -0.4 is 0 Å². The summed E-state index contributed by atoms with van der Waals surface area (Å²) in [6.45, 7) is 7.87. The van der Waals surface area contributed by atoms with E-state index in [0.29, 0.717) is 50.0 Å². The Morgan fingerprint density at radius 2 is 2.19 bits per heavy atom. The Balaban J connectivity index is 1.37. The molecule has 164 valence electrons. The van der Waals surface area contributed by atoms with Crippen molar-refractivity contribution in [3.8, 4) is 0 Å². The molecule has 1 N–H and O–H groups in total. The van der Waals surface area contributed by atoms with Gasteiger partial charge in [0.25, 0.3) is 0 Å². The highest BCUT2D eigenvalue weighted by atomic mass is 19.1. The molecule has 2 aliphatic heterocycles. The fourth-order valence-corrected chi connectivity index (χ4v) is 4.50. The van der Waals surface area contributed by atoms with E-state index in [1.165, 1.54) is 12.1 Å². The first-order chi connectivity index (χ1) is 14.9. The molecule has 1 aromatic heterocycles. The van der Waals surface area contributed by atoms with Crippen molar-refractivity contribution in [2.75, 3.05) is 13.1 Å². The molecule has 1 unspecified atom stereocenters. The van der Waals surface area contributed by atoms with Gasteiger partial charge in [0.1, 0.15) is 11.9 Å². The summed E-state index contributed by atoms with van der Waals surface area (Å²) >= 11 is 0. The first kappa shape index (κ1) is 21.2. The molecule has 7 nitrogen and oxygen atoms in total. The normalized spacial score (nSPS) is 20.8. The highest BCUT2D eigenvalue weighted by Gasteiger charge is 2.45. The van der Waals surface area contributed by atoms with E-state index in [2.05, 4.69) is 21.7 Å². The van der Waals surface area contributed by atoms with Crippen LogP contribution in [0.25, 0.3) is 6.20 Å². The van der Waals surface area contributed by atoms with Gasteiger partial charge in [-0.3, -0.25) is 9.69 Å². The third kappa shape index (κ3) is 4.39. The molecule has 0 spiro atoms. The van der Waals surface area contributed by atoms with Crippen LogP contribution in [0.1, 0.15) is 42.5 Å². The van der Waals surface area contributed by atoms with Crippen LogP contribution in [0, 0.1) is 18.2 Å². The Bertz CT molecular complexity index is 1010. The number of benzene rings is 1. The number of carboxylic acid groups (broad SMARTS) is 1. The second-order valence-electron chi connectivity index (χ2n) is 8.43. The molecule has 0 saturated carbocycles. The number of rotatable bonds is 7. The fraction of sp³-hybridized carbons (Fsp3) is 0.435. The number of halogens is 1. The number of hydrogen-bond donors (Lipinski definition) is 1. The Kier molecular flexibility index (Phi) is 5.91. The van der Waals surface area contributed by atoms with Crippen LogP contribution >= 0.6 is 0 Å². The van der Waals surface area contributed by atoms with Crippen LogP contribution in [0.3, 0.4) is 0 Å². The number of oxime groups is 1. The summed E-state index contributed by atoms with van der Waals surface area (Å²) in [6.07, 6.45) is 5.18. The third-order valence-corrected chi connectivity index (χ3v) is 6.49. The van der Waals surface area contributed by atoms with Gasteiger partial charge in [-0.05, 0) is 45.0 Å². The number of aliphatic carboxylic acids is 1. The van der Waals surface area contributed by atoms with Crippen molar-refractivity contribution in [2.45, 2.75) is 45.3 Å². The lowest BCUT2D eigenvalue weighted by Gasteiger charge is -2.39. The second kappa shape index (κ2) is 8.63. The van der Waals surface area contributed by atoms with Crippen LogP contribution in [-0.2, 0) is 16.2 Å². The minimum Gasteiger partial charge on any atom is -0.481 e. The Morgan fingerprint density at radius 1 is 1.42 bits per heavy atom. The molecule has 0 amide bonds. The first-order valence-corrected chi connectivity index (χ1v) is 10.5. The van der Waals surface area contributed by atoms with Crippen LogP contribution in [0.4, 0.5) is 4.39 Å². The Hall–Kier alpha value is -3.00. The molecule has 0 radical (unpaired) electrons. The summed E-state index contributed by atoms with van der Waals surface area (Å²) in [7, 11) is 0. The number of likely N-dealkylation sites (tertiary alicyclic amines) is 1. The Labute approximate surface area is 180 Å². The molecule has 2 aliphatic rings. The SMILES string of the molecule is C=Cn1ncc(CN2CCC(CC3CC(c4cccc(F)c4)=NO3)(C(=O)O)CC2)c1C. The van der Waals surface area contributed by atoms with E-state index in [0.717, 1.165) is 17.8 Å². The third-order valence-electron chi connectivity index (χ3n) is 6.49. The van der Waals surface area contributed by atoms with Gasteiger partial charge >= 0.3 is 5.97 Å². The van der Waals surface area contributed by atoms with Crippen molar-refractivity contribution in [3.63, 3.8) is 0 Å². The molecular formula is C23H27FN4O3. The minimum absolute atomic E-state index is 0.311. The number of piperidine rings is 1. The maximum Gasteiger partial charge on any atom is 0.309 e. The van der Waals surface area contributed by atoms with Crippen LogP contribution in [0.15, 0.2) is 42.2 Å². The molecule has 8 heteroatoms. The van der Waals surface area contributed by atoms with Gasteiger partial charge < -0.3 is 9.94 Å². The summed E-state index contributed by atoms with van der Waals surface area (Å²) < 4.78 is 15.3. The quantitative estimate of drug-likeness (QED) is 0.731. The predicted molar refractivity (Wildman–Crippen MR) is 115 cm³/mol. The van der Waals surface area contributed by atoms with Crippen molar-refractivity contribution >= 4 is 17.9 Å². The minimum atomic E-state index is -0.839.